The second-order valence-electron chi connectivity index (χ2n) is 3.39. The van der Waals surface area contributed by atoms with E-state index in [1.807, 2.05) is 6.07 Å². The first-order chi connectivity index (χ1) is 8.12. The highest BCUT2D eigenvalue weighted by Gasteiger charge is 2.20. The van der Waals surface area contributed by atoms with E-state index in [1.165, 1.54) is 26.4 Å². The molecule has 1 N–H and O–H groups in total. The Morgan fingerprint density at radius 1 is 1.53 bits per heavy atom. The van der Waals surface area contributed by atoms with Crippen LogP contribution >= 0.6 is 0 Å². The number of hydrogen-bond acceptors (Lipinski definition) is 5. The van der Waals surface area contributed by atoms with Crippen LogP contribution in [-0.2, 0) is 9.53 Å². The van der Waals surface area contributed by atoms with E-state index in [-0.39, 0.29) is 12.2 Å². The summed E-state index contributed by atoms with van der Waals surface area (Å²) in [5.74, 6) is -0.703. The maximum Gasteiger partial charge on any atom is 0.307 e. The summed E-state index contributed by atoms with van der Waals surface area (Å²) in [5, 5.41) is 18.3. The minimum Gasteiger partial charge on any atom is -0.508 e. The molecule has 17 heavy (non-hydrogen) atoms. The number of ether oxygens (including phenoxy) is 2. The number of carbonyl (C=O) groups is 1. The monoisotopic (exact) mass is 235 g/mol. The quantitative estimate of drug-likeness (QED) is 0.801. The molecule has 1 rings (SSSR count). The largest absolute Gasteiger partial charge is 0.508 e. The molecule has 1 atom stereocenters. The number of nitrogens with zero attached hydrogens (tertiary/aromatic N) is 1. The first-order valence-corrected chi connectivity index (χ1v) is 4.95. The number of nitriles is 1. The molecule has 0 aliphatic rings. The lowest BCUT2D eigenvalue weighted by atomic mass is 9.96. The molecule has 5 heteroatoms. The summed E-state index contributed by atoms with van der Waals surface area (Å²) in [7, 11) is 2.70. The second-order valence-corrected chi connectivity index (χ2v) is 3.39. The van der Waals surface area contributed by atoms with Gasteiger partial charge in [-0.1, -0.05) is 6.07 Å². The third-order valence-electron chi connectivity index (χ3n) is 2.35. The van der Waals surface area contributed by atoms with Gasteiger partial charge >= 0.3 is 5.97 Å². The number of benzene rings is 1. The van der Waals surface area contributed by atoms with Gasteiger partial charge in [0.1, 0.15) is 11.5 Å². The topological polar surface area (TPSA) is 79.6 Å². The van der Waals surface area contributed by atoms with Crippen molar-refractivity contribution in [2.24, 2.45) is 0 Å². The van der Waals surface area contributed by atoms with Gasteiger partial charge in [0.05, 0.1) is 32.6 Å². The fourth-order valence-electron chi connectivity index (χ4n) is 1.46. The van der Waals surface area contributed by atoms with Crippen LogP contribution < -0.4 is 4.74 Å². The van der Waals surface area contributed by atoms with Gasteiger partial charge in [-0.3, -0.25) is 4.79 Å². The van der Waals surface area contributed by atoms with E-state index in [0.29, 0.717) is 11.3 Å². The maximum atomic E-state index is 11.2. The third kappa shape index (κ3) is 3.11. The molecule has 0 aromatic heterocycles. The average molecular weight is 235 g/mol. The predicted molar refractivity (Wildman–Crippen MR) is 59.6 cm³/mol. The summed E-state index contributed by atoms with van der Waals surface area (Å²) in [6.07, 6.45) is -0.0475. The SMILES string of the molecule is COC(=O)CC(C#N)c1ccc(O)cc1OC. The van der Waals surface area contributed by atoms with Crippen LogP contribution in [0, 0.1) is 11.3 Å². The van der Waals surface area contributed by atoms with Crippen molar-refractivity contribution in [3.8, 4) is 17.6 Å². The van der Waals surface area contributed by atoms with Gasteiger partial charge in [-0.15, -0.1) is 0 Å². The maximum absolute atomic E-state index is 11.2. The van der Waals surface area contributed by atoms with Gasteiger partial charge in [-0.05, 0) is 6.07 Å². The van der Waals surface area contributed by atoms with Crippen molar-refractivity contribution in [1.29, 1.82) is 5.26 Å². The number of carbonyl (C=O) groups excluding carboxylic acids is 1. The zero-order chi connectivity index (χ0) is 12.8. The molecule has 1 aromatic carbocycles. The second kappa shape index (κ2) is 5.75. The number of aromatic hydroxyl groups is 1. The van der Waals surface area contributed by atoms with Crippen molar-refractivity contribution < 1.29 is 19.4 Å². The van der Waals surface area contributed by atoms with Gasteiger partial charge in [0.2, 0.25) is 0 Å². The van der Waals surface area contributed by atoms with Crippen LogP contribution in [0.5, 0.6) is 11.5 Å². The van der Waals surface area contributed by atoms with E-state index in [1.54, 1.807) is 6.07 Å². The zero-order valence-electron chi connectivity index (χ0n) is 9.64. The van der Waals surface area contributed by atoms with Crippen LogP contribution in [0.3, 0.4) is 0 Å². The lowest BCUT2D eigenvalue weighted by Crippen LogP contribution is -2.08. The molecule has 0 radical (unpaired) electrons. The normalized spacial score (nSPS) is 11.4. The summed E-state index contributed by atoms with van der Waals surface area (Å²) in [5.41, 5.74) is 0.554. The molecule has 90 valence electrons. The molecule has 0 amide bonds. The molecule has 0 aliphatic heterocycles. The molecule has 5 nitrogen and oxygen atoms in total. The number of phenols is 1. The highest BCUT2D eigenvalue weighted by Crippen LogP contribution is 2.31. The molecule has 0 saturated heterocycles. The molecular weight excluding hydrogens is 222 g/mol. The van der Waals surface area contributed by atoms with Gasteiger partial charge < -0.3 is 14.6 Å². The minimum atomic E-state index is -0.655. The molecule has 0 spiro atoms. The summed E-state index contributed by atoms with van der Waals surface area (Å²) in [6.45, 7) is 0. The van der Waals surface area contributed by atoms with Crippen LogP contribution in [0.2, 0.25) is 0 Å². The number of esters is 1. The van der Waals surface area contributed by atoms with Crippen LogP contribution in [0.15, 0.2) is 18.2 Å². The van der Waals surface area contributed by atoms with Crippen LogP contribution in [-0.4, -0.2) is 25.3 Å². The number of rotatable bonds is 4. The highest BCUT2D eigenvalue weighted by atomic mass is 16.5. The van der Waals surface area contributed by atoms with Crippen molar-refractivity contribution in [2.75, 3.05) is 14.2 Å². The number of hydrogen-bond donors (Lipinski definition) is 1. The van der Waals surface area contributed by atoms with Gasteiger partial charge in [-0.2, -0.15) is 5.26 Å². The lowest BCUT2D eigenvalue weighted by molar-refractivity contribution is -0.140. The fraction of sp³-hybridized carbons (Fsp3) is 0.333. The van der Waals surface area contributed by atoms with E-state index >= 15 is 0 Å². The smallest absolute Gasteiger partial charge is 0.307 e. The van der Waals surface area contributed by atoms with E-state index in [4.69, 9.17) is 10.00 Å². The third-order valence-corrected chi connectivity index (χ3v) is 2.35. The van der Waals surface area contributed by atoms with Crippen LogP contribution in [0.25, 0.3) is 0 Å². The average Bonchev–Trinajstić information content (AvgIpc) is 2.35. The van der Waals surface area contributed by atoms with Crippen LogP contribution in [0.4, 0.5) is 0 Å². The summed E-state index contributed by atoms with van der Waals surface area (Å²) in [6, 6.07) is 6.42. The predicted octanol–water partition coefficient (Wildman–Crippen LogP) is 1.57. The molecule has 0 bridgehead atoms. The fourth-order valence-corrected chi connectivity index (χ4v) is 1.46. The lowest BCUT2D eigenvalue weighted by Gasteiger charge is -2.12. The van der Waals surface area contributed by atoms with Gasteiger partial charge in [-0.25, -0.2) is 0 Å². The van der Waals surface area contributed by atoms with E-state index < -0.39 is 11.9 Å². The molecule has 0 aliphatic carbocycles. The minimum absolute atomic E-state index is 0.0420. The van der Waals surface area contributed by atoms with Gasteiger partial charge in [0.15, 0.2) is 0 Å². The first-order valence-electron chi connectivity index (χ1n) is 4.95. The van der Waals surface area contributed by atoms with E-state index in [9.17, 15) is 9.90 Å². The molecule has 1 aromatic rings. The Kier molecular flexibility index (Phi) is 4.35. The Balaban J connectivity index is 3.04. The van der Waals surface area contributed by atoms with E-state index in [2.05, 4.69) is 4.74 Å². The number of phenolic OH excluding ortho intramolecular Hbond substituents is 1. The Morgan fingerprint density at radius 3 is 2.76 bits per heavy atom. The van der Waals surface area contributed by atoms with Gasteiger partial charge in [0.25, 0.3) is 0 Å². The van der Waals surface area contributed by atoms with Crippen LogP contribution in [0.1, 0.15) is 17.9 Å². The Labute approximate surface area is 99.2 Å². The Bertz CT molecular complexity index is 450. The van der Waals surface area contributed by atoms with Crippen molar-refractivity contribution in [3.05, 3.63) is 23.8 Å². The van der Waals surface area contributed by atoms with Crippen molar-refractivity contribution in [2.45, 2.75) is 12.3 Å². The zero-order valence-corrected chi connectivity index (χ0v) is 9.64. The van der Waals surface area contributed by atoms with Crippen molar-refractivity contribution in [1.82, 2.24) is 0 Å². The Morgan fingerprint density at radius 2 is 2.24 bits per heavy atom. The number of methoxy groups -OCH3 is 2. The summed E-state index contributed by atoms with van der Waals surface area (Å²) in [4.78, 5) is 11.2. The van der Waals surface area contributed by atoms with Gasteiger partial charge in [0, 0.05) is 11.6 Å². The standard InChI is InChI=1S/C12H13NO4/c1-16-11-6-9(14)3-4-10(11)8(7-13)5-12(15)17-2/h3-4,6,8,14H,5H2,1-2H3. The molecule has 0 heterocycles. The van der Waals surface area contributed by atoms with E-state index in [0.717, 1.165) is 0 Å². The molecule has 1 unspecified atom stereocenters. The highest BCUT2D eigenvalue weighted by molar-refractivity contribution is 5.71. The first kappa shape index (κ1) is 12.8. The molecular formula is C12H13NO4. The Hall–Kier alpha value is -2.22. The van der Waals surface area contributed by atoms with Crippen molar-refractivity contribution >= 4 is 5.97 Å². The molecule has 0 fully saturated rings. The molecule has 0 saturated carbocycles. The summed E-state index contributed by atoms with van der Waals surface area (Å²) >= 11 is 0. The van der Waals surface area contributed by atoms with Crippen molar-refractivity contribution in [3.63, 3.8) is 0 Å². The summed E-state index contributed by atoms with van der Waals surface area (Å²) < 4.78 is 9.58.